The van der Waals surface area contributed by atoms with Gasteiger partial charge in [-0.3, -0.25) is 0 Å². The summed E-state index contributed by atoms with van der Waals surface area (Å²) in [6.45, 7) is 2.24. The molecule has 3 aromatic rings. The molecule has 5 nitrogen and oxygen atoms in total. The third-order valence-corrected chi connectivity index (χ3v) is 5.47. The molecule has 0 saturated heterocycles. The number of hydrogen-bond acceptors (Lipinski definition) is 5. The quantitative estimate of drug-likeness (QED) is 0.459. The highest BCUT2D eigenvalue weighted by atomic mass is 35.5. The van der Waals surface area contributed by atoms with Gasteiger partial charge in [0.05, 0.1) is 6.21 Å². The van der Waals surface area contributed by atoms with Crippen molar-refractivity contribution in [2.75, 3.05) is 0 Å². The molecule has 2 atom stereocenters. The number of furan rings is 1. The van der Waals surface area contributed by atoms with Gasteiger partial charge in [-0.05, 0) is 42.2 Å². The summed E-state index contributed by atoms with van der Waals surface area (Å²) in [5, 5.41) is 13.9. The Kier molecular flexibility index (Phi) is 4.63. The number of hydrogen-bond donors (Lipinski definition) is 0. The van der Waals surface area contributed by atoms with Crippen LogP contribution in [0.2, 0.25) is 5.02 Å². The average Bonchev–Trinajstić information content (AvgIpc) is 3.03. The van der Waals surface area contributed by atoms with E-state index in [2.05, 4.69) is 22.2 Å². The second-order valence-electron chi connectivity index (χ2n) is 6.18. The van der Waals surface area contributed by atoms with Gasteiger partial charge in [0.1, 0.15) is 17.8 Å². The van der Waals surface area contributed by atoms with Crippen molar-refractivity contribution in [1.82, 2.24) is 14.9 Å². The lowest BCUT2D eigenvalue weighted by atomic mass is 10.2. The Morgan fingerprint density at radius 3 is 2.88 bits per heavy atom. The first kappa shape index (κ1) is 16.4. The lowest BCUT2D eigenvalue weighted by Crippen LogP contribution is -1.92. The fraction of sp³-hybridized carbons (Fsp3) is 0.278. The van der Waals surface area contributed by atoms with Crippen LogP contribution in [-0.4, -0.2) is 21.1 Å². The van der Waals surface area contributed by atoms with Gasteiger partial charge in [0.2, 0.25) is 5.16 Å². The molecule has 4 rings (SSSR count). The molecule has 0 N–H and O–H groups in total. The van der Waals surface area contributed by atoms with Crippen LogP contribution < -0.4 is 0 Å². The van der Waals surface area contributed by atoms with E-state index in [0.717, 1.165) is 33.4 Å². The Morgan fingerprint density at radius 1 is 1.32 bits per heavy atom. The number of rotatable bonds is 6. The van der Waals surface area contributed by atoms with E-state index in [1.165, 1.54) is 12.0 Å². The van der Waals surface area contributed by atoms with Crippen LogP contribution in [0.4, 0.5) is 0 Å². The largest absolute Gasteiger partial charge is 0.460 e. The molecular weight excluding hydrogens is 356 g/mol. The summed E-state index contributed by atoms with van der Waals surface area (Å²) in [5.74, 6) is 3.87. The van der Waals surface area contributed by atoms with Gasteiger partial charge < -0.3 is 4.42 Å². The van der Waals surface area contributed by atoms with Gasteiger partial charge in [0.15, 0.2) is 0 Å². The average molecular weight is 373 g/mol. The lowest BCUT2D eigenvalue weighted by Gasteiger charge is -2.01. The third-order valence-electron chi connectivity index (χ3n) is 4.21. The summed E-state index contributed by atoms with van der Waals surface area (Å²) in [5.41, 5.74) is 1.17. The predicted molar refractivity (Wildman–Crippen MR) is 99.3 cm³/mol. The summed E-state index contributed by atoms with van der Waals surface area (Å²) in [6.07, 6.45) is 4.50. The van der Waals surface area contributed by atoms with E-state index in [1.54, 1.807) is 29.0 Å². The maximum absolute atomic E-state index is 5.91. The molecule has 2 heterocycles. The lowest BCUT2D eigenvalue weighted by molar-refractivity contribution is 0.499. The number of aromatic nitrogens is 3. The molecule has 0 radical (unpaired) electrons. The van der Waals surface area contributed by atoms with Crippen LogP contribution in [0.3, 0.4) is 0 Å². The summed E-state index contributed by atoms with van der Waals surface area (Å²) in [6, 6.07) is 11.8. The van der Waals surface area contributed by atoms with Crippen LogP contribution in [-0.2, 0) is 5.75 Å². The molecule has 0 bridgehead atoms. The van der Waals surface area contributed by atoms with Gasteiger partial charge >= 0.3 is 0 Å². The van der Waals surface area contributed by atoms with Crippen molar-refractivity contribution in [2.45, 2.75) is 30.2 Å². The van der Waals surface area contributed by atoms with E-state index in [1.807, 2.05) is 36.4 Å². The van der Waals surface area contributed by atoms with Crippen molar-refractivity contribution in [3.8, 4) is 0 Å². The highest BCUT2D eigenvalue weighted by molar-refractivity contribution is 7.98. The van der Waals surface area contributed by atoms with E-state index < -0.39 is 0 Å². The van der Waals surface area contributed by atoms with Gasteiger partial charge in [0, 0.05) is 16.7 Å². The van der Waals surface area contributed by atoms with Crippen molar-refractivity contribution in [3.05, 3.63) is 64.8 Å². The van der Waals surface area contributed by atoms with E-state index in [0.29, 0.717) is 5.92 Å². The Labute approximate surface area is 155 Å². The van der Waals surface area contributed by atoms with Gasteiger partial charge in [-0.1, -0.05) is 42.4 Å². The molecule has 1 aliphatic carbocycles. The molecule has 1 aliphatic rings. The minimum Gasteiger partial charge on any atom is -0.460 e. The second kappa shape index (κ2) is 7.06. The number of thioether (sulfide) groups is 1. The molecule has 2 aromatic heterocycles. The van der Waals surface area contributed by atoms with Gasteiger partial charge in [-0.2, -0.15) is 9.78 Å². The monoisotopic (exact) mass is 372 g/mol. The molecule has 7 heteroatoms. The Hall–Kier alpha value is -2.05. The van der Waals surface area contributed by atoms with Crippen LogP contribution in [0.15, 0.2) is 57.4 Å². The SMILES string of the molecule is C[C@H]1C[C@@H]1c1ccc(/C=N\n2cnnc2SCc2ccc(Cl)cc2)o1. The van der Waals surface area contributed by atoms with Crippen molar-refractivity contribution in [1.29, 1.82) is 0 Å². The Balaban J connectivity index is 1.40. The highest BCUT2D eigenvalue weighted by Gasteiger charge is 2.36. The third kappa shape index (κ3) is 3.96. The zero-order valence-corrected chi connectivity index (χ0v) is 15.2. The van der Waals surface area contributed by atoms with Crippen molar-refractivity contribution in [3.63, 3.8) is 0 Å². The maximum atomic E-state index is 5.91. The van der Waals surface area contributed by atoms with E-state index >= 15 is 0 Å². The molecule has 128 valence electrons. The number of nitrogens with zero attached hydrogens (tertiary/aromatic N) is 4. The fourth-order valence-corrected chi connectivity index (χ4v) is 3.54. The smallest absolute Gasteiger partial charge is 0.212 e. The van der Waals surface area contributed by atoms with Crippen molar-refractivity contribution in [2.24, 2.45) is 11.0 Å². The predicted octanol–water partition coefficient (Wildman–Crippen LogP) is 4.82. The first-order valence-corrected chi connectivity index (χ1v) is 9.47. The molecule has 1 fully saturated rings. The summed E-state index contributed by atoms with van der Waals surface area (Å²) in [7, 11) is 0. The first-order chi connectivity index (χ1) is 12.2. The maximum Gasteiger partial charge on any atom is 0.212 e. The minimum absolute atomic E-state index is 0.572. The van der Waals surface area contributed by atoms with E-state index in [4.69, 9.17) is 16.0 Å². The van der Waals surface area contributed by atoms with E-state index in [-0.39, 0.29) is 0 Å². The van der Waals surface area contributed by atoms with Crippen molar-refractivity contribution < 1.29 is 4.42 Å². The van der Waals surface area contributed by atoms with E-state index in [9.17, 15) is 0 Å². The summed E-state index contributed by atoms with van der Waals surface area (Å²) >= 11 is 7.48. The van der Waals surface area contributed by atoms with Crippen LogP contribution in [0, 0.1) is 5.92 Å². The Bertz CT molecular complexity index is 887. The minimum atomic E-state index is 0.572. The zero-order valence-electron chi connectivity index (χ0n) is 13.7. The van der Waals surface area contributed by atoms with Gasteiger partial charge in [-0.15, -0.1) is 10.2 Å². The fourth-order valence-electron chi connectivity index (χ4n) is 2.60. The second-order valence-corrected chi connectivity index (χ2v) is 7.56. The van der Waals surface area contributed by atoms with Crippen LogP contribution in [0.1, 0.15) is 36.3 Å². The first-order valence-electron chi connectivity index (χ1n) is 8.10. The summed E-state index contributed by atoms with van der Waals surface area (Å²) in [4.78, 5) is 0. The Morgan fingerprint density at radius 2 is 2.12 bits per heavy atom. The standard InChI is InChI=1S/C18H17ClN4OS/c1-12-8-16(12)17-7-6-15(24-17)9-21-23-11-20-22-18(23)25-10-13-2-4-14(19)5-3-13/h2-7,9,11-12,16H,8,10H2,1H3/b21-9-/t12-,16-/m0/s1. The van der Waals surface area contributed by atoms with Crippen LogP contribution in [0.25, 0.3) is 0 Å². The molecule has 0 aliphatic heterocycles. The summed E-state index contributed by atoms with van der Waals surface area (Å²) < 4.78 is 7.49. The van der Waals surface area contributed by atoms with Gasteiger partial charge in [0.25, 0.3) is 0 Å². The number of benzene rings is 1. The molecule has 1 saturated carbocycles. The zero-order chi connectivity index (χ0) is 17.2. The highest BCUT2D eigenvalue weighted by Crippen LogP contribution is 2.47. The van der Waals surface area contributed by atoms with Crippen LogP contribution in [0.5, 0.6) is 0 Å². The van der Waals surface area contributed by atoms with Gasteiger partial charge in [-0.25, -0.2) is 0 Å². The number of halogens is 1. The van der Waals surface area contributed by atoms with Crippen LogP contribution >= 0.6 is 23.4 Å². The molecule has 0 amide bonds. The molecule has 0 spiro atoms. The molecule has 25 heavy (non-hydrogen) atoms. The normalized spacial score (nSPS) is 19.6. The molecule has 0 unspecified atom stereocenters. The molecular formula is C18H17ClN4OS. The topological polar surface area (TPSA) is 56.2 Å². The molecule has 1 aromatic carbocycles. The van der Waals surface area contributed by atoms with Crippen molar-refractivity contribution >= 4 is 29.6 Å².